The molecule has 13 heavy (non-hydrogen) atoms. The summed E-state index contributed by atoms with van der Waals surface area (Å²) in [4.78, 5) is 4.14. The van der Waals surface area contributed by atoms with Crippen LogP contribution in [0.4, 0.5) is 0 Å². The second-order valence-corrected chi connectivity index (χ2v) is 2.25. The van der Waals surface area contributed by atoms with Gasteiger partial charge in [0.1, 0.15) is 0 Å². The smallest absolute Gasteiger partial charge is 0.0782 e. The van der Waals surface area contributed by atoms with Crippen molar-refractivity contribution >= 4 is 6.21 Å². The Morgan fingerprint density at radius 3 is 2.77 bits per heavy atom. The second kappa shape index (κ2) is 8.53. The van der Waals surface area contributed by atoms with Gasteiger partial charge in [-0.2, -0.15) is 0 Å². The molecule has 0 amide bonds. The van der Waals surface area contributed by atoms with E-state index in [1.54, 1.807) is 18.4 Å². The summed E-state index contributed by atoms with van der Waals surface area (Å²) in [6.07, 6.45) is 10.8. The predicted molar refractivity (Wildman–Crippen MR) is 59.8 cm³/mol. The molecule has 0 unspecified atom stereocenters. The lowest BCUT2D eigenvalue weighted by atomic mass is 10.4. The Hall–Kier alpha value is -1.57. The van der Waals surface area contributed by atoms with E-state index in [1.165, 1.54) is 0 Å². The third-order valence-electron chi connectivity index (χ3n) is 1.19. The van der Waals surface area contributed by atoms with Gasteiger partial charge in [-0.25, -0.2) is 0 Å². The second-order valence-electron chi connectivity index (χ2n) is 2.25. The largest absolute Gasteiger partial charge is 0.386 e. The van der Waals surface area contributed by atoms with Gasteiger partial charge in [0.2, 0.25) is 0 Å². The molecule has 0 atom stereocenters. The van der Waals surface area contributed by atoms with Crippen LogP contribution in [-0.4, -0.2) is 12.8 Å². The van der Waals surface area contributed by atoms with E-state index in [0.717, 1.165) is 12.2 Å². The summed E-state index contributed by atoms with van der Waals surface area (Å²) in [5.41, 5.74) is 0.865. The van der Waals surface area contributed by atoms with Crippen molar-refractivity contribution in [1.29, 1.82) is 0 Å². The fourth-order valence-corrected chi connectivity index (χ4v) is 0.691. The van der Waals surface area contributed by atoms with Crippen molar-refractivity contribution in [3.05, 3.63) is 49.4 Å². The zero-order valence-corrected chi connectivity index (χ0v) is 8.03. The number of hydrogen-bond acceptors (Lipinski definition) is 2. The van der Waals surface area contributed by atoms with Gasteiger partial charge < -0.3 is 5.32 Å². The summed E-state index contributed by atoms with van der Waals surface area (Å²) in [6.45, 7) is 9.81. The normalized spacial score (nSPS) is 12.2. The molecule has 0 radical (unpaired) electrons. The monoisotopic (exact) mass is 176 g/mol. The summed E-state index contributed by atoms with van der Waals surface area (Å²) >= 11 is 0. The minimum absolute atomic E-state index is 0.741. The Kier molecular flexibility index (Phi) is 7.50. The van der Waals surface area contributed by atoms with Gasteiger partial charge in [0.15, 0.2) is 0 Å². The van der Waals surface area contributed by atoms with E-state index in [2.05, 4.69) is 23.5 Å². The molecule has 0 aliphatic heterocycles. The Morgan fingerprint density at radius 2 is 2.23 bits per heavy atom. The molecule has 0 aromatic heterocycles. The van der Waals surface area contributed by atoms with Crippen LogP contribution >= 0.6 is 0 Å². The number of aliphatic imine (C=N–C) groups is 1. The molecule has 0 aromatic carbocycles. The van der Waals surface area contributed by atoms with E-state index in [1.807, 2.05) is 25.3 Å². The molecule has 0 aromatic rings. The fraction of sp³-hybridized carbons (Fsp3) is 0.182. The summed E-state index contributed by atoms with van der Waals surface area (Å²) in [6, 6.07) is 0. The highest BCUT2D eigenvalue weighted by Crippen LogP contribution is 1.96. The molecule has 1 N–H and O–H groups in total. The van der Waals surface area contributed by atoms with Crippen molar-refractivity contribution in [1.82, 2.24) is 5.32 Å². The molecule has 0 saturated heterocycles. The van der Waals surface area contributed by atoms with Crippen LogP contribution < -0.4 is 5.32 Å². The fourth-order valence-electron chi connectivity index (χ4n) is 0.691. The topological polar surface area (TPSA) is 24.4 Å². The lowest BCUT2D eigenvalue weighted by molar-refractivity contribution is 0.973. The molecular weight excluding hydrogens is 160 g/mol. The average Bonchev–Trinajstić information content (AvgIpc) is 2.14. The van der Waals surface area contributed by atoms with Crippen molar-refractivity contribution in [2.45, 2.75) is 6.92 Å². The maximum absolute atomic E-state index is 4.14. The summed E-state index contributed by atoms with van der Waals surface area (Å²) < 4.78 is 0. The van der Waals surface area contributed by atoms with E-state index in [-0.39, 0.29) is 0 Å². The molecule has 0 aliphatic carbocycles. The van der Waals surface area contributed by atoms with E-state index >= 15 is 0 Å². The summed E-state index contributed by atoms with van der Waals surface area (Å²) in [5.74, 6) is 0. The Morgan fingerprint density at radius 1 is 1.46 bits per heavy atom. The highest BCUT2D eigenvalue weighted by atomic mass is 14.9. The summed E-state index contributed by atoms with van der Waals surface area (Å²) in [7, 11) is 0. The molecular formula is C11H16N2. The van der Waals surface area contributed by atoms with Gasteiger partial charge in [-0.05, 0) is 13.0 Å². The molecule has 0 spiro atoms. The molecule has 2 nitrogen and oxygen atoms in total. The minimum atomic E-state index is 0.741. The maximum Gasteiger partial charge on any atom is 0.0782 e. The van der Waals surface area contributed by atoms with Crippen LogP contribution in [0.15, 0.2) is 54.4 Å². The minimum Gasteiger partial charge on any atom is -0.386 e. The third-order valence-corrected chi connectivity index (χ3v) is 1.19. The van der Waals surface area contributed by atoms with Gasteiger partial charge in [0.05, 0.1) is 5.70 Å². The first kappa shape index (κ1) is 11.4. The molecule has 70 valence electrons. The Labute approximate surface area is 80.1 Å². The van der Waals surface area contributed by atoms with Gasteiger partial charge in [-0.1, -0.05) is 24.8 Å². The highest BCUT2D eigenvalue weighted by molar-refractivity contribution is 5.56. The van der Waals surface area contributed by atoms with Crippen LogP contribution in [0.25, 0.3) is 0 Å². The van der Waals surface area contributed by atoms with Gasteiger partial charge >= 0.3 is 0 Å². The Bertz CT molecular complexity index is 234. The number of hydrogen-bond donors (Lipinski definition) is 1. The first-order chi connectivity index (χ1) is 6.35. The molecule has 0 fully saturated rings. The average molecular weight is 176 g/mol. The van der Waals surface area contributed by atoms with Gasteiger partial charge in [-0.15, -0.1) is 6.58 Å². The van der Waals surface area contributed by atoms with E-state index in [0.29, 0.717) is 0 Å². The molecule has 0 heterocycles. The van der Waals surface area contributed by atoms with Gasteiger partial charge in [-0.3, -0.25) is 4.99 Å². The van der Waals surface area contributed by atoms with Gasteiger partial charge in [0, 0.05) is 19.0 Å². The molecule has 2 heteroatoms. The molecule has 0 saturated carbocycles. The standard InChI is InChI=1S/C11H16N2/c1-4-7-8-11(13-6-3)10-12-9-5-2/h4-8,10,12H,1-2,9H2,3H3/b8-7-,11-10-,13-6?. The maximum atomic E-state index is 4.14. The lowest BCUT2D eigenvalue weighted by Crippen LogP contribution is -2.04. The van der Waals surface area contributed by atoms with Crippen molar-refractivity contribution < 1.29 is 0 Å². The van der Waals surface area contributed by atoms with Crippen LogP contribution in [0, 0.1) is 0 Å². The van der Waals surface area contributed by atoms with Crippen LogP contribution in [0.2, 0.25) is 0 Å². The zero-order valence-electron chi connectivity index (χ0n) is 8.03. The van der Waals surface area contributed by atoms with Crippen molar-refractivity contribution in [2.75, 3.05) is 6.54 Å². The third kappa shape index (κ3) is 6.81. The highest BCUT2D eigenvalue weighted by Gasteiger charge is 1.83. The Balaban J connectivity index is 4.21. The number of rotatable bonds is 6. The van der Waals surface area contributed by atoms with Crippen molar-refractivity contribution in [3.8, 4) is 0 Å². The van der Waals surface area contributed by atoms with Crippen molar-refractivity contribution in [3.63, 3.8) is 0 Å². The van der Waals surface area contributed by atoms with Crippen LogP contribution in [-0.2, 0) is 0 Å². The predicted octanol–water partition coefficient (Wildman–Crippen LogP) is 2.44. The lowest BCUT2D eigenvalue weighted by Gasteiger charge is -1.95. The van der Waals surface area contributed by atoms with E-state index < -0.39 is 0 Å². The van der Waals surface area contributed by atoms with Crippen molar-refractivity contribution in [2.24, 2.45) is 4.99 Å². The van der Waals surface area contributed by atoms with E-state index in [4.69, 9.17) is 0 Å². The van der Waals surface area contributed by atoms with Gasteiger partial charge in [0.25, 0.3) is 0 Å². The number of nitrogens with one attached hydrogen (secondary N) is 1. The van der Waals surface area contributed by atoms with Crippen LogP contribution in [0.1, 0.15) is 6.92 Å². The molecule has 0 aliphatic rings. The first-order valence-electron chi connectivity index (χ1n) is 4.17. The summed E-state index contributed by atoms with van der Waals surface area (Å²) in [5, 5.41) is 3.05. The SMILES string of the molecule is C=C/C=C\C(=C\NCC=C)N=CC. The molecule has 0 rings (SSSR count). The number of nitrogens with zero attached hydrogens (tertiary/aromatic N) is 1. The number of allylic oxidation sites excluding steroid dienone is 3. The van der Waals surface area contributed by atoms with E-state index in [9.17, 15) is 0 Å². The quantitative estimate of drug-likeness (QED) is 0.286. The molecule has 0 bridgehead atoms. The van der Waals surface area contributed by atoms with Crippen LogP contribution in [0.5, 0.6) is 0 Å². The zero-order chi connectivity index (χ0) is 9.94. The van der Waals surface area contributed by atoms with Crippen LogP contribution in [0.3, 0.4) is 0 Å². The first-order valence-corrected chi connectivity index (χ1v) is 4.17.